The molecular weight excluding hydrogens is 354 g/mol. The molecule has 0 spiro atoms. The van der Waals surface area contributed by atoms with Crippen molar-refractivity contribution in [3.05, 3.63) is 89.6 Å². The number of aryl methyl sites for hydroxylation is 2. The van der Waals surface area contributed by atoms with Crippen molar-refractivity contribution in [3.8, 4) is 17.1 Å². The van der Waals surface area contributed by atoms with E-state index in [1.807, 2.05) is 56.3 Å². The van der Waals surface area contributed by atoms with Gasteiger partial charge in [-0.05, 0) is 62.4 Å². The molecule has 0 aliphatic rings. The standard InChI is InChI=1S/C22H19N3O3/c1-15-8-9-16(2)25(15)19-12-10-18(11-13-19)22(26)27-14-20-23-24-21(28-20)17-6-4-3-5-7-17/h3-13H,14H2,1-2H3. The van der Waals surface area contributed by atoms with Crippen LogP contribution in [-0.4, -0.2) is 20.7 Å². The fraction of sp³-hybridized carbons (Fsp3) is 0.136. The first-order valence-electron chi connectivity index (χ1n) is 8.92. The molecule has 0 amide bonds. The lowest BCUT2D eigenvalue weighted by atomic mass is 10.2. The van der Waals surface area contributed by atoms with Gasteiger partial charge in [-0.15, -0.1) is 10.2 Å². The van der Waals surface area contributed by atoms with Gasteiger partial charge in [-0.3, -0.25) is 0 Å². The van der Waals surface area contributed by atoms with E-state index in [0.717, 1.165) is 22.6 Å². The number of nitrogens with zero attached hydrogens (tertiary/aromatic N) is 3. The summed E-state index contributed by atoms with van der Waals surface area (Å²) in [4.78, 5) is 12.3. The Labute approximate surface area is 162 Å². The normalized spacial score (nSPS) is 10.8. The van der Waals surface area contributed by atoms with Crippen LogP contribution in [0.2, 0.25) is 0 Å². The minimum absolute atomic E-state index is 0.0732. The maximum atomic E-state index is 12.3. The maximum Gasteiger partial charge on any atom is 0.338 e. The summed E-state index contributed by atoms with van der Waals surface area (Å²) in [5.74, 6) is 0.211. The first-order valence-corrected chi connectivity index (χ1v) is 8.92. The zero-order valence-electron chi connectivity index (χ0n) is 15.6. The van der Waals surface area contributed by atoms with Gasteiger partial charge >= 0.3 is 5.97 Å². The lowest BCUT2D eigenvalue weighted by Gasteiger charge is -2.10. The molecule has 2 aromatic heterocycles. The summed E-state index contributed by atoms with van der Waals surface area (Å²) in [5.41, 5.74) is 4.56. The molecule has 4 aromatic rings. The van der Waals surface area contributed by atoms with Crippen molar-refractivity contribution >= 4 is 5.97 Å². The Hall–Kier alpha value is -3.67. The summed E-state index contributed by atoms with van der Waals surface area (Å²) >= 11 is 0. The Morgan fingerprint density at radius 3 is 2.29 bits per heavy atom. The Morgan fingerprint density at radius 1 is 0.929 bits per heavy atom. The summed E-state index contributed by atoms with van der Waals surface area (Å²) < 4.78 is 13.0. The average Bonchev–Trinajstić information content (AvgIpc) is 3.33. The Balaban J connectivity index is 1.41. The molecule has 0 fully saturated rings. The molecule has 6 nitrogen and oxygen atoms in total. The molecule has 0 atom stereocenters. The van der Waals surface area contributed by atoms with Gasteiger partial charge in [0.2, 0.25) is 5.89 Å². The molecule has 4 rings (SSSR count). The number of carbonyl (C=O) groups excluding carboxylic acids is 1. The van der Waals surface area contributed by atoms with E-state index in [1.54, 1.807) is 12.1 Å². The molecule has 0 aliphatic heterocycles. The van der Waals surface area contributed by atoms with E-state index in [4.69, 9.17) is 9.15 Å². The molecule has 0 bridgehead atoms. The van der Waals surface area contributed by atoms with Gasteiger partial charge in [-0.2, -0.15) is 0 Å². The summed E-state index contributed by atoms with van der Waals surface area (Å²) in [6, 6.07) is 20.9. The van der Waals surface area contributed by atoms with E-state index in [1.165, 1.54) is 0 Å². The van der Waals surface area contributed by atoms with Crippen molar-refractivity contribution in [2.45, 2.75) is 20.5 Å². The zero-order chi connectivity index (χ0) is 19.5. The van der Waals surface area contributed by atoms with Crippen LogP contribution in [0.1, 0.15) is 27.6 Å². The highest BCUT2D eigenvalue weighted by atomic mass is 16.5. The summed E-state index contributed by atoms with van der Waals surface area (Å²) in [7, 11) is 0. The predicted molar refractivity (Wildman–Crippen MR) is 104 cm³/mol. The van der Waals surface area contributed by atoms with E-state index in [2.05, 4.69) is 26.9 Å². The molecule has 6 heteroatoms. The number of rotatable bonds is 5. The summed E-state index contributed by atoms with van der Waals surface area (Å²) in [6.45, 7) is 4.02. The van der Waals surface area contributed by atoms with E-state index in [0.29, 0.717) is 11.5 Å². The second-order valence-corrected chi connectivity index (χ2v) is 6.44. The van der Waals surface area contributed by atoms with E-state index in [-0.39, 0.29) is 12.5 Å². The second-order valence-electron chi connectivity index (χ2n) is 6.44. The molecule has 0 saturated heterocycles. The number of hydrogen-bond acceptors (Lipinski definition) is 5. The molecule has 0 N–H and O–H groups in total. The summed E-state index contributed by atoms with van der Waals surface area (Å²) in [5, 5.41) is 7.91. The number of benzene rings is 2. The van der Waals surface area contributed by atoms with Gasteiger partial charge in [0.1, 0.15) is 0 Å². The number of carbonyl (C=O) groups is 1. The van der Waals surface area contributed by atoms with E-state index >= 15 is 0 Å². The molecule has 0 radical (unpaired) electrons. The highest BCUT2D eigenvalue weighted by Gasteiger charge is 2.13. The number of hydrogen-bond donors (Lipinski definition) is 0. The van der Waals surface area contributed by atoms with Crippen molar-refractivity contribution in [2.24, 2.45) is 0 Å². The first-order chi connectivity index (χ1) is 13.6. The number of aromatic nitrogens is 3. The van der Waals surface area contributed by atoms with E-state index < -0.39 is 5.97 Å². The zero-order valence-corrected chi connectivity index (χ0v) is 15.6. The predicted octanol–water partition coefficient (Wildman–Crippen LogP) is 4.50. The highest BCUT2D eigenvalue weighted by Crippen LogP contribution is 2.19. The molecule has 140 valence electrons. The third-order valence-corrected chi connectivity index (χ3v) is 4.45. The van der Waals surface area contributed by atoms with Gasteiger partial charge in [0.05, 0.1) is 5.56 Å². The second kappa shape index (κ2) is 7.52. The third kappa shape index (κ3) is 3.57. The van der Waals surface area contributed by atoms with Crippen LogP contribution in [0.25, 0.3) is 17.1 Å². The average molecular weight is 373 g/mol. The Kier molecular flexibility index (Phi) is 4.76. The van der Waals surface area contributed by atoms with Gasteiger partial charge in [0, 0.05) is 22.6 Å². The van der Waals surface area contributed by atoms with Crippen LogP contribution in [0, 0.1) is 13.8 Å². The monoisotopic (exact) mass is 373 g/mol. The van der Waals surface area contributed by atoms with Crippen molar-refractivity contribution in [3.63, 3.8) is 0 Å². The quantitative estimate of drug-likeness (QED) is 0.482. The number of ether oxygens (including phenoxy) is 1. The molecule has 28 heavy (non-hydrogen) atoms. The van der Waals surface area contributed by atoms with Crippen LogP contribution in [-0.2, 0) is 11.3 Å². The van der Waals surface area contributed by atoms with Crippen LogP contribution in [0.4, 0.5) is 0 Å². The van der Waals surface area contributed by atoms with Crippen LogP contribution < -0.4 is 0 Å². The number of esters is 1. The lowest BCUT2D eigenvalue weighted by Crippen LogP contribution is -2.06. The SMILES string of the molecule is Cc1ccc(C)n1-c1ccc(C(=O)OCc2nnc(-c3ccccc3)o2)cc1. The largest absolute Gasteiger partial charge is 0.452 e. The van der Waals surface area contributed by atoms with E-state index in [9.17, 15) is 4.79 Å². The minimum Gasteiger partial charge on any atom is -0.452 e. The van der Waals surface area contributed by atoms with Gasteiger partial charge in [-0.1, -0.05) is 18.2 Å². The van der Waals surface area contributed by atoms with Crippen molar-refractivity contribution in [1.82, 2.24) is 14.8 Å². The Bertz CT molecular complexity index is 1080. The topological polar surface area (TPSA) is 70.2 Å². The van der Waals surface area contributed by atoms with Gasteiger partial charge in [0.25, 0.3) is 5.89 Å². The minimum atomic E-state index is -0.438. The van der Waals surface area contributed by atoms with Crippen LogP contribution >= 0.6 is 0 Å². The van der Waals surface area contributed by atoms with Crippen molar-refractivity contribution in [2.75, 3.05) is 0 Å². The lowest BCUT2D eigenvalue weighted by molar-refractivity contribution is 0.0438. The van der Waals surface area contributed by atoms with Crippen LogP contribution in [0.5, 0.6) is 0 Å². The fourth-order valence-electron chi connectivity index (χ4n) is 3.04. The smallest absolute Gasteiger partial charge is 0.338 e. The Morgan fingerprint density at radius 2 is 1.61 bits per heavy atom. The maximum absolute atomic E-state index is 12.3. The summed E-state index contributed by atoms with van der Waals surface area (Å²) in [6.07, 6.45) is 0. The highest BCUT2D eigenvalue weighted by molar-refractivity contribution is 5.89. The third-order valence-electron chi connectivity index (χ3n) is 4.45. The van der Waals surface area contributed by atoms with Gasteiger partial charge in [-0.25, -0.2) is 4.79 Å². The fourth-order valence-corrected chi connectivity index (χ4v) is 3.04. The van der Waals surface area contributed by atoms with Crippen molar-refractivity contribution < 1.29 is 13.9 Å². The molecule has 2 heterocycles. The molecule has 0 unspecified atom stereocenters. The molecular formula is C22H19N3O3. The molecule has 0 saturated carbocycles. The van der Waals surface area contributed by atoms with Crippen molar-refractivity contribution in [1.29, 1.82) is 0 Å². The molecule has 2 aromatic carbocycles. The van der Waals surface area contributed by atoms with Gasteiger partial charge in [0.15, 0.2) is 6.61 Å². The van der Waals surface area contributed by atoms with Crippen LogP contribution in [0.3, 0.4) is 0 Å². The first kappa shape index (κ1) is 17.7. The van der Waals surface area contributed by atoms with Crippen LogP contribution in [0.15, 0.2) is 71.1 Å². The molecule has 0 aliphatic carbocycles. The van der Waals surface area contributed by atoms with Gasteiger partial charge < -0.3 is 13.7 Å².